The molecular weight excluding hydrogens is 298 g/mol. The summed E-state index contributed by atoms with van der Waals surface area (Å²) in [6.45, 7) is 3.64. The molecule has 0 aliphatic rings. The number of aromatic nitrogens is 1. The molecule has 2 aromatic rings. The van der Waals surface area contributed by atoms with Gasteiger partial charge in [0.15, 0.2) is 5.13 Å². The average Bonchev–Trinajstić information content (AvgIpc) is 2.79. The first-order valence-electron chi connectivity index (χ1n) is 5.97. The maximum atomic E-state index is 11.7. The van der Waals surface area contributed by atoms with Gasteiger partial charge in [0.2, 0.25) is 11.8 Å². The molecule has 20 heavy (non-hydrogen) atoms. The standard InChI is InChI=1S/C13H14ClN3O2S/c1-7(2)12(19)15-8-3-4-9(14)10(5-8)16-13-17-11(18)6-20-13/h3-7,18H,1-2H3,(H,15,19)(H,16,17). The molecule has 2 rings (SSSR count). The van der Waals surface area contributed by atoms with Crippen molar-refractivity contribution in [3.05, 3.63) is 28.6 Å². The van der Waals surface area contributed by atoms with Crippen molar-refractivity contribution in [3.8, 4) is 5.88 Å². The zero-order valence-corrected chi connectivity index (χ0v) is 12.5. The molecule has 0 aliphatic heterocycles. The minimum atomic E-state index is -0.0991. The van der Waals surface area contributed by atoms with Crippen molar-refractivity contribution in [2.45, 2.75) is 13.8 Å². The molecular formula is C13H14ClN3O2S. The Morgan fingerprint density at radius 2 is 2.20 bits per heavy atom. The van der Waals surface area contributed by atoms with Crippen LogP contribution in [-0.2, 0) is 4.79 Å². The lowest BCUT2D eigenvalue weighted by Crippen LogP contribution is -2.17. The number of thiazole rings is 1. The Balaban J connectivity index is 2.18. The fourth-order valence-electron chi connectivity index (χ4n) is 1.42. The first-order chi connectivity index (χ1) is 9.45. The molecule has 1 aromatic heterocycles. The van der Waals surface area contributed by atoms with E-state index in [-0.39, 0.29) is 17.7 Å². The number of benzene rings is 1. The van der Waals surface area contributed by atoms with E-state index in [0.29, 0.717) is 21.5 Å². The van der Waals surface area contributed by atoms with E-state index in [2.05, 4.69) is 15.6 Å². The maximum absolute atomic E-state index is 11.7. The normalized spacial score (nSPS) is 10.6. The van der Waals surface area contributed by atoms with Gasteiger partial charge >= 0.3 is 0 Å². The number of aromatic hydroxyl groups is 1. The molecule has 0 saturated carbocycles. The van der Waals surface area contributed by atoms with Crippen molar-refractivity contribution < 1.29 is 9.90 Å². The zero-order valence-electron chi connectivity index (χ0n) is 11.0. The maximum Gasteiger partial charge on any atom is 0.226 e. The third kappa shape index (κ3) is 3.61. The molecule has 1 aromatic carbocycles. The third-order valence-corrected chi connectivity index (χ3v) is 3.57. The van der Waals surface area contributed by atoms with Gasteiger partial charge in [-0.2, -0.15) is 4.98 Å². The van der Waals surface area contributed by atoms with Gasteiger partial charge in [-0.25, -0.2) is 0 Å². The van der Waals surface area contributed by atoms with Crippen LogP contribution >= 0.6 is 22.9 Å². The number of rotatable bonds is 4. The predicted octanol–water partition coefficient (Wildman–Crippen LogP) is 3.84. The number of nitrogens with zero attached hydrogens (tertiary/aromatic N) is 1. The number of carbonyl (C=O) groups is 1. The quantitative estimate of drug-likeness (QED) is 0.802. The summed E-state index contributed by atoms with van der Waals surface area (Å²) in [7, 11) is 0. The summed E-state index contributed by atoms with van der Waals surface area (Å²) in [6.07, 6.45) is 0. The summed E-state index contributed by atoms with van der Waals surface area (Å²) in [5.74, 6) is -0.207. The highest BCUT2D eigenvalue weighted by Gasteiger charge is 2.10. The van der Waals surface area contributed by atoms with E-state index >= 15 is 0 Å². The van der Waals surface area contributed by atoms with Crippen LogP contribution in [0.2, 0.25) is 5.02 Å². The molecule has 0 saturated heterocycles. The predicted molar refractivity (Wildman–Crippen MR) is 82.0 cm³/mol. The van der Waals surface area contributed by atoms with Crippen LogP contribution in [-0.4, -0.2) is 16.0 Å². The molecule has 7 heteroatoms. The van der Waals surface area contributed by atoms with E-state index in [4.69, 9.17) is 11.6 Å². The summed E-state index contributed by atoms with van der Waals surface area (Å²) >= 11 is 7.35. The van der Waals surface area contributed by atoms with Crippen LogP contribution in [0.5, 0.6) is 5.88 Å². The third-order valence-electron chi connectivity index (χ3n) is 2.49. The van der Waals surface area contributed by atoms with Gasteiger partial charge in [-0.15, -0.1) is 11.3 Å². The van der Waals surface area contributed by atoms with Gasteiger partial charge in [-0.1, -0.05) is 25.4 Å². The summed E-state index contributed by atoms with van der Waals surface area (Å²) < 4.78 is 0. The number of carbonyl (C=O) groups excluding carboxylic acids is 1. The number of hydrogen-bond acceptors (Lipinski definition) is 5. The SMILES string of the molecule is CC(C)C(=O)Nc1ccc(Cl)c(Nc2nc(O)cs2)c1. The highest BCUT2D eigenvalue weighted by atomic mass is 35.5. The summed E-state index contributed by atoms with van der Waals surface area (Å²) in [6, 6.07) is 5.14. The molecule has 0 unspecified atom stereocenters. The first-order valence-corrected chi connectivity index (χ1v) is 7.23. The van der Waals surface area contributed by atoms with E-state index in [0.717, 1.165) is 0 Å². The summed E-state index contributed by atoms with van der Waals surface area (Å²) in [5, 5.41) is 17.5. The molecule has 3 N–H and O–H groups in total. The van der Waals surface area contributed by atoms with Gasteiger partial charge in [0.05, 0.1) is 16.1 Å². The van der Waals surface area contributed by atoms with Crippen LogP contribution < -0.4 is 10.6 Å². The van der Waals surface area contributed by atoms with Gasteiger partial charge < -0.3 is 15.7 Å². The number of anilines is 3. The lowest BCUT2D eigenvalue weighted by atomic mass is 10.2. The molecule has 0 aliphatic carbocycles. The minimum Gasteiger partial charge on any atom is -0.493 e. The van der Waals surface area contributed by atoms with Gasteiger partial charge in [0, 0.05) is 11.6 Å². The Bertz CT molecular complexity index is 628. The number of nitrogens with one attached hydrogen (secondary N) is 2. The molecule has 0 radical (unpaired) electrons. The van der Waals surface area contributed by atoms with Crippen molar-refractivity contribution in [2.24, 2.45) is 5.92 Å². The molecule has 0 spiro atoms. The second kappa shape index (κ2) is 6.11. The molecule has 0 bridgehead atoms. The van der Waals surface area contributed by atoms with Gasteiger partial charge in [-0.05, 0) is 18.2 Å². The molecule has 5 nitrogen and oxygen atoms in total. The van der Waals surface area contributed by atoms with E-state index < -0.39 is 0 Å². The molecule has 0 atom stereocenters. The molecule has 0 fully saturated rings. The molecule has 1 amide bonds. The van der Waals surface area contributed by atoms with Crippen molar-refractivity contribution in [2.75, 3.05) is 10.6 Å². The van der Waals surface area contributed by atoms with E-state index in [9.17, 15) is 9.90 Å². The Labute approximate surface area is 125 Å². The van der Waals surface area contributed by atoms with Crippen molar-refractivity contribution in [1.29, 1.82) is 0 Å². The second-order valence-electron chi connectivity index (χ2n) is 4.47. The lowest BCUT2D eigenvalue weighted by molar-refractivity contribution is -0.118. The highest BCUT2D eigenvalue weighted by Crippen LogP contribution is 2.30. The Morgan fingerprint density at radius 1 is 1.45 bits per heavy atom. The monoisotopic (exact) mass is 311 g/mol. The highest BCUT2D eigenvalue weighted by molar-refractivity contribution is 7.14. The van der Waals surface area contributed by atoms with Crippen LogP contribution in [0.1, 0.15) is 13.8 Å². The van der Waals surface area contributed by atoms with Crippen LogP contribution in [0.15, 0.2) is 23.6 Å². The Kier molecular flexibility index (Phi) is 4.46. The Morgan fingerprint density at radius 3 is 2.80 bits per heavy atom. The van der Waals surface area contributed by atoms with Crippen LogP contribution in [0.4, 0.5) is 16.5 Å². The van der Waals surface area contributed by atoms with Crippen molar-refractivity contribution in [1.82, 2.24) is 4.98 Å². The van der Waals surface area contributed by atoms with Gasteiger partial charge in [-0.3, -0.25) is 4.79 Å². The topological polar surface area (TPSA) is 74.2 Å². The number of amides is 1. The van der Waals surface area contributed by atoms with Crippen LogP contribution in [0, 0.1) is 5.92 Å². The number of hydrogen-bond donors (Lipinski definition) is 3. The Hall–Kier alpha value is -1.79. The first kappa shape index (κ1) is 14.6. The largest absolute Gasteiger partial charge is 0.493 e. The molecule has 106 valence electrons. The van der Waals surface area contributed by atoms with Crippen molar-refractivity contribution in [3.63, 3.8) is 0 Å². The van der Waals surface area contributed by atoms with Gasteiger partial charge in [0.1, 0.15) is 0 Å². The van der Waals surface area contributed by atoms with Crippen molar-refractivity contribution >= 4 is 45.4 Å². The minimum absolute atomic E-state index is 0.0436. The van der Waals surface area contributed by atoms with E-state index in [1.165, 1.54) is 16.7 Å². The average molecular weight is 312 g/mol. The number of halogens is 1. The van der Waals surface area contributed by atoms with E-state index in [1.54, 1.807) is 18.2 Å². The summed E-state index contributed by atoms with van der Waals surface area (Å²) in [4.78, 5) is 15.5. The smallest absolute Gasteiger partial charge is 0.226 e. The zero-order chi connectivity index (χ0) is 14.7. The second-order valence-corrected chi connectivity index (χ2v) is 5.74. The van der Waals surface area contributed by atoms with Crippen LogP contribution in [0.3, 0.4) is 0 Å². The lowest BCUT2D eigenvalue weighted by Gasteiger charge is -2.11. The van der Waals surface area contributed by atoms with E-state index in [1.807, 2.05) is 13.8 Å². The fraction of sp³-hybridized carbons (Fsp3) is 0.231. The van der Waals surface area contributed by atoms with Gasteiger partial charge in [0.25, 0.3) is 0 Å². The summed E-state index contributed by atoms with van der Waals surface area (Å²) in [5.41, 5.74) is 1.26. The fourth-order valence-corrected chi connectivity index (χ4v) is 2.17. The van der Waals surface area contributed by atoms with Crippen LogP contribution in [0.25, 0.3) is 0 Å². The molecule has 1 heterocycles.